The molecule has 0 fully saturated rings. The van der Waals surface area contributed by atoms with Gasteiger partial charge in [-0.2, -0.15) is 4.58 Å². The largest absolute Gasteiger partial charge is 0.372 e. The van der Waals surface area contributed by atoms with Crippen LogP contribution in [0.4, 0.5) is 11.4 Å². The molecule has 2 nitrogen and oxygen atoms in total. The highest BCUT2D eigenvalue weighted by molar-refractivity contribution is 6.05. The van der Waals surface area contributed by atoms with Gasteiger partial charge in [-0.15, -0.1) is 0 Å². The minimum atomic E-state index is 0.0308. The summed E-state index contributed by atoms with van der Waals surface area (Å²) in [7, 11) is 2.16. The van der Waals surface area contributed by atoms with Crippen LogP contribution in [0, 0.1) is 0 Å². The molecule has 0 atom stereocenters. The van der Waals surface area contributed by atoms with Crippen molar-refractivity contribution < 1.29 is 4.58 Å². The highest BCUT2D eigenvalue weighted by Gasteiger charge is 2.42. The first-order valence-corrected chi connectivity index (χ1v) is 10.2. The molecule has 3 rings (SSSR count). The SMILES string of the molecule is CC.CCN(CC)c1ccc(/C=C/C2=[N+](C)c3ccccc3C2(C)C)cc1. The predicted octanol–water partition coefficient (Wildman–Crippen LogP) is 6.28. The molecule has 0 spiro atoms. The smallest absolute Gasteiger partial charge is 0.209 e. The van der Waals surface area contributed by atoms with Crippen LogP contribution in [0.2, 0.25) is 0 Å². The van der Waals surface area contributed by atoms with Crippen LogP contribution < -0.4 is 4.90 Å². The molecule has 0 amide bonds. The zero-order valence-electron chi connectivity index (χ0n) is 18.1. The van der Waals surface area contributed by atoms with Gasteiger partial charge in [-0.05, 0) is 51.5 Å². The Labute approximate surface area is 165 Å². The average molecular weight is 364 g/mol. The molecule has 0 aliphatic carbocycles. The van der Waals surface area contributed by atoms with Crippen molar-refractivity contribution in [2.24, 2.45) is 0 Å². The first-order chi connectivity index (χ1) is 13.0. The van der Waals surface area contributed by atoms with E-state index >= 15 is 0 Å². The maximum atomic E-state index is 2.37. The van der Waals surface area contributed by atoms with Gasteiger partial charge in [0, 0.05) is 36.5 Å². The number of hydrogen-bond acceptors (Lipinski definition) is 1. The molecule has 0 radical (unpaired) electrons. The van der Waals surface area contributed by atoms with Crippen molar-refractivity contribution in [2.75, 3.05) is 25.0 Å². The van der Waals surface area contributed by atoms with E-state index < -0.39 is 0 Å². The highest BCUT2D eigenvalue weighted by Crippen LogP contribution is 2.39. The van der Waals surface area contributed by atoms with Crippen molar-refractivity contribution in [1.82, 2.24) is 0 Å². The molecule has 144 valence electrons. The van der Waals surface area contributed by atoms with Gasteiger partial charge in [-0.25, -0.2) is 0 Å². The zero-order valence-corrected chi connectivity index (χ0v) is 18.1. The van der Waals surface area contributed by atoms with Gasteiger partial charge in [0.15, 0.2) is 5.71 Å². The van der Waals surface area contributed by atoms with E-state index in [4.69, 9.17) is 0 Å². The molecule has 2 heteroatoms. The molecular weight excluding hydrogens is 328 g/mol. The van der Waals surface area contributed by atoms with Crippen molar-refractivity contribution in [3.63, 3.8) is 0 Å². The molecule has 2 aromatic carbocycles. The van der Waals surface area contributed by atoms with Crippen LogP contribution in [-0.2, 0) is 5.41 Å². The number of anilines is 1. The molecule has 1 aliphatic heterocycles. The summed E-state index contributed by atoms with van der Waals surface area (Å²) < 4.78 is 2.32. The van der Waals surface area contributed by atoms with Gasteiger partial charge in [0.1, 0.15) is 7.05 Å². The Morgan fingerprint density at radius 2 is 1.48 bits per heavy atom. The minimum absolute atomic E-state index is 0.0308. The molecule has 0 N–H and O–H groups in total. The van der Waals surface area contributed by atoms with Gasteiger partial charge in [0.25, 0.3) is 0 Å². The average Bonchev–Trinajstić information content (AvgIpc) is 2.90. The lowest BCUT2D eigenvalue weighted by Crippen LogP contribution is -2.26. The normalized spacial score (nSPS) is 14.8. The zero-order chi connectivity index (χ0) is 20.0. The third kappa shape index (κ3) is 4.16. The summed E-state index contributed by atoms with van der Waals surface area (Å²) in [6.45, 7) is 15.1. The summed E-state index contributed by atoms with van der Waals surface area (Å²) in [6.07, 6.45) is 4.50. The number of allylic oxidation sites excluding steroid dienone is 1. The van der Waals surface area contributed by atoms with Crippen LogP contribution in [0.1, 0.15) is 52.7 Å². The van der Waals surface area contributed by atoms with E-state index in [0.29, 0.717) is 0 Å². The fourth-order valence-electron chi connectivity index (χ4n) is 3.86. The number of para-hydroxylation sites is 1. The summed E-state index contributed by atoms with van der Waals surface area (Å²) in [5, 5.41) is 0. The molecule has 0 aromatic heterocycles. The lowest BCUT2D eigenvalue weighted by atomic mass is 9.81. The summed E-state index contributed by atoms with van der Waals surface area (Å²) in [5.41, 5.74) is 6.60. The quantitative estimate of drug-likeness (QED) is 0.567. The number of benzene rings is 2. The Balaban J connectivity index is 0.00000126. The van der Waals surface area contributed by atoms with E-state index in [-0.39, 0.29) is 5.41 Å². The van der Waals surface area contributed by atoms with E-state index in [1.807, 2.05) is 13.8 Å². The Morgan fingerprint density at radius 3 is 2.04 bits per heavy atom. The van der Waals surface area contributed by atoms with E-state index in [9.17, 15) is 0 Å². The summed E-state index contributed by atoms with van der Waals surface area (Å²) in [4.78, 5) is 2.37. The lowest BCUT2D eigenvalue weighted by Gasteiger charge is -2.20. The van der Waals surface area contributed by atoms with E-state index in [0.717, 1.165) is 13.1 Å². The van der Waals surface area contributed by atoms with Gasteiger partial charge in [-0.1, -0.05) is 44.2 Å². The first kappa shape index (κ1) is 21.0. The second-order valence-electron chi connectivity index (χ2n) is 7.18. The van der Waals surface area contributed by atoms with Gasteiger partial charge < -0.3 is 4.90 Å². The molecular formula is C25H35N2+. The fraction of sp³-hybridized carbons (Fsp3) is 0.400. The monoisotopic (exact) mass is 363 g/mol. The second kappa shape index (κ2) is 9.03. The van der Waals surface area contributed by atoms with E-state index in [2.05, 4.69) is 105 Å². The summed E-state index contributed by atoms with van der Waals surface area (Å²) in [6, 6.07) is 17.5. The van der Waals surface area contributed by atoms with Gasteiger partial charge in [-0.3, -0.25) is 0 Å². The Bertz CT molecular complexity index is 806. The molecule has 27 heavy (non-hydrogen) atoms. The Kier molecular flexibility index (Phi) is 7.01. The number of hydrogen-bond donors (Lipinski definition) is 0. The molecule has 1 aliphatic rings. The van der Waals surface area contributed by atoms with Crippen molar-refractivity contribution in [3.8, 4) is 0 Å². The molecule has 0 saturated carbocycles. The summed E-state index contributed by atoms with van der Waals surface area (Å²) >= 11 is 0. The summed E-state index contributed by atoms with van der Waals surface area (Å²) in [5.74, 6) is 0. The standard InChI is InChI=1S/C23H29N2.C2H6/c1-6-25(7-2)19-15-12-18(13-16-19)14-17-22-23(3,4)20-10-8-9-11-21(20)24(22)5;1-2/h8-17H,6-7H2,1-5H3;1-2H3/q+1;. The molecule has 1 heterocycles. The number of fused-ring (bicyclic) bond motifs is 1. The third-order valence-corrected chi connectivity index (χ3v) is 5.40. The van der Waals surface area contributed by atoms with E-state index in [1.165, 1.54) is 28.2 Å². The number of rotatable bonds is 5. The Hall–Kier alpha value is -2.35. The van der Waals surface area contributed by atoms with Gasteiger partial charge in [0.05, 0.1) is 5.41 Å². The minimum Gasteiger partial charge on any atom is -0.372 e. The van der Waals surface area contributed by atoms with E-state index in [1.54, 1.807) is 0 Å². The van der Waals surface area contributed by atoms with Crippen LogP contribution in [0.3, 0.4) is 0 Å². The fourth-order valence-corrected chi connectivity index (χ4v) is 3.86. The highest BCUT2D eigenvalue weighted by atomic mass is 15.1. The predicted molar refractivity (Wildman–Crippen MR) is 121 cm³/mol. The van der Waals surface area contributed by atoms with Crippen LogP contribution in [0.25, 0.3) is 6.08 Å². The Morgan fingerprint density at radius 1 is 0.889 bits per heavy atom. The maximum absolute atomic E-state index is 2.37. The molecule has 0 saturated heterocycles. The molecule has 0 bridgehead atoms. The number of nitrogens with zero attached hydrogens (tertiary/aromatic N) is 2. The third-order valence-electron chi connectivity index (χ3n) is 5.40. The lowest BCUT2D eigenvalue weighted by molar-refractivity contribution is -0.401. The van der Waals surface area contributed by atoms with Gasteiger partial charge in [0.2, 0.25) is 5.69 Å². The van der Waals surface area contributed by atoms with Crippen molar-refractivity contribution in [2.45, 2.75) is 47.0 Å². The van der Waals surface area contributed by atoms with Crippen LogP contribution >= 0.6 is 0 Å². The van der Waals surface area contributed by atoms with Crippen LogP contribution in [0.5, 0.6) is 0 Å². The second-order valence-corrected chi connectivity index (χ2v) is 7.18. The van der Waals surface area contributed by atoms with Gasteiger partial charge >= 0.3 is 0 Å². The molecule has 0 unspecified atom stereocenters. The van der Waals surface area contributed by atoms with Crippen LogP contribution in [0.15, 0.2) is 54.6 Å². The first-order valence-electron chi connectivity index (χ1n) is 10.2. The topological polar surface area (TPSA) is 6.25 Å². The van der Waals surface area contributed by atoms with Crippen molar-refractivity contribution in [3.05, 3.63) is 65.7 Å². The molecule has 2 aromatic rings. The maximum Gasteiger partial charge on any atom is 0.209 e. The van der Waals surface area contributed by atoms with Crippen LogP contribution in [-0.4, -0.2) is 30.4 Å². The van der Waals surface area contributed by atoms with Crippen molar-refractivity contribution >= 4 is 23.2 Å². The van der Waals surface area contributed by atoms with Crippen molar-refractivity contribution in [1.29, 1.82) is 0 Å².